The van der Waals surface area contributed by atoms with Gasteiger partial charge in [-0.15, -0.1) is 0 Å². The Balaban J connectivity index is 2.44. The number of hydrogen-bond acceptors (Lipinski definition) is 4. The van der Waals surface area contributed by atoms with Gasteiger partial charge in [0.1, 0.15) is 5.69 Å². The van der Waals surface area contributed by atoms with Gasteiger partial charge in [-0.1, -0.05) is 0 Å². The van der Waals surface area contributed by atoms with E-state index in [1.54, 1.807) is 6.07 Å². The van der Waals surface area contributed by atoms with Gasteiger partial charge in [-0.3, -0.25) is 9.36 Å². The molecule has 0 radical (unpaired) electrons. The van der Waals surface area contributed by atoms with Crippen LogP contribution in [0.2, 0.25) is 0 Å². The van der Waals surface area contributed by atoms with Crippen molar-refractivity contribution in [2.75, 3.05) is 0 Å². The van der Waals surface area contributed by atoms with Crippen LogP contribution in [0.25, 0.3) is 11.1 Å². The number of aromatic carboxylic acids is 1. The normalized spacial score (nSPS) is 10.6. The second-order valence-corrected chi connectivity index (χ2v) is 3.20. The van der Waals surface area contributed by atoms with Crippen molar-refractivity contribution in [1.29, 1.82) is 0 Å². The molecule has 16 heavy (non-hydrogen) atoms. The molecule has 0 aliphatic rings. The topological polar surface area (TPSA) is 81.7 Å². The Morgan fingerprint density at radius 3 is 2.94 bits per heavy atom. The van der Waals surface area contributed by atoms with Crippen LogP contribution in [0.1, 0.15) is 17.4 Å². The molecule has 2 aromatic rings. The van der Waals surface area contributed by atoms with Crippen LogP contribution in [0.4, 0.5) is 0 Å². The van der Waals surface area contributed by atoms with Gasteiger partial charge in [0.25, 0.3) is 0 Å². The van der Waals surface area contributed by atoms with Crippen molar-refractivity contribution in [3.63, 3.8) is 0 Å². The highest BCUT2D eigenvalue weighted by Gasteiger charge is 2.16. The first-order valence-electron chi connectivity index (χ1n) is 4.53. The maximum absolute atomic E-state index is 10.9. The average molecular weight is 223 g/mol. The lowest BCUT2D eigenvalue weighted by molar-refractivity contribution is -0.144. The van der Waals surface area contributed by atoms with Crippen LogP contribution < -0.4 is 0 Å². The van der Waals surface area contributed by atoms with Crippen LogP contribution in [0.5, 0.6) is 0 Å². The molecule has 0 aromatic carbocycles. The smallest absolute Gasteiger partial charge is 0.352 e. The lowest BCUT2D eigenvalue weighted by Gasteiger charge is -2.06. The number of esters is 1. The molecule has 0 aliphatic heterocycles. The number of fused-ring (bicyclic) bond motifs is 1. The van der Waals surface area contributed by atoms with E-state index < -0.39 is 11.9 Å². The largest absolute Gasteiger partial charge is 0.477 e. The van der Waals surface area contributed by atoms with Crippen molar-refractivity contribution in [1.82, 2.24) is 4.57 Å². The fourth-order valence-electron chi connectivity index (χ4n) is 1.45. The number of carbonyl (C=O) groups excluding carboxylic acids is 1. The Morgan fingerprint density at radius 1 is 1.56 bits per heavy atom. The van der Waals surface area contributed by atoms with Crippen LogP contribution in [-0.4, -0.2) is 21.6 Å². The molecule has 0 aliphatic carbocycles. The maximum atomic E-state index is 10.9. The fraction of sp³-hybridized carbons (Fsp3) is 0.200. The molecular weight excluding hydrogens is 214 g/mol. The third kappa shape index (κ3) is 1.65. The summed E-state index contributed by atoms with van der Waals surface area (Å²) in [4.78, 5) is 21.6. The third-order valence-electron chi connectivity index (χ3n) is 2.14. The van der Waals surface area contributed by atoms with Crippen LogP contribution in [0.3, 0.4) is 0 Å². The van der Waals surface area contributed by atoms with Crippen molar-refractivity contribution < 1.29 is 23.8 Å². The number of rotatable bonds is 3. The molecule has 0 atom stereocenters. The zero-order chi connectivity index (χ0) is 11.7. The minimum atomic E-state index is -1.10. The second-order valence-electron chi connectivity index (χ2n) is 3.20. The van der Waals surface area contributed by atoms with E-state index in [-0.39, 0.29) is 12.4 Å². The van der Waals surface area contributed by atoms with Gasteiger partial charge in [-0.25, -0.2) is 4.79 Å². The molecule has 0 fully saturated rings. The molecule has 2 aromatic heterocycles. The SMILES string of the molecule is CC(=O)OCn1c(C(=O)O)cc2occc21. The minimum Gasteiger partial charge on any atom is -0.477 e. The Kier molecular flexibility index (Phi) is 2.40. The molecule has 2 heterocycles. The standard InChI is InChI=1S/C10H9NO5/c1-6(12)16-5-11-7-2-3-15-9(7)4-8(11)10(13)14/h2-4H,5H2,1H3,(H,13,14). The zero-order valence-corrected chi connectivity index (χ0v) is 8.47. The van der Waals surface area contributed by atoms with Crippen LogP contribution in [0, 0.1) is 0 Å². The Bertz CT molecular complexity index is 551. The lowest BCUT2D eigenvalue weighted by Crippen LogP contribution is -2.12. The molecule has 6 heteroatoms. The van der Waals surface area contributed by atoms with E-state index in [1.807, 2.05) is 0 Å². The molecule has 0 spiro atoms. The summed E-state index contributed by atoms with van der Waals surface area (Å²) >= 11 is 0. The molecule has 6 nitrogen and oxygen atoms in total. The molecule has 1 N–H and O–H groups in total. The van der Waals surface area contributed by atoms with Crippen LogP contribution >= 0.6 is 0 Å². The summed E-state index contributed by atoms with van der Waals surface area (Å²) in [5.41, 5.74) is 1.05. The number of ether oxygens (including phenoxy) is 1. The molecule has 0 bridgehead atoms. The summed E-state index contributed by atoms with van der Waals surface area (Å²) in [6.07, 6.45) is 1.45. The van der Waals surface area contributed by atoms with Gasteiger partial charge in [-0.2, -0.15) is 0 Å². The number of carbonyl (C=O) groups is 2. The van der Waals surface area contributed by atoms with Crippen LogP contribution in [0.15, 0.2) is 22.8 Å². The number of nitrogens with zero attached hydrogens (tertiary/aromatic N) is 1. The van der Waals surface area contributed by atoms with Gasteiger partial charge < -0.3 is 14.3 Å². The van der Waals surface area contributed by atoms with Crippen molar-refractivity contribution in [3.8, 4) is 0 Å². The number of carboxylic acids is 1. The zero-order valence-electron chi connectivity index (χ0n) is 8.47. The molecule has 0 saturated heterocycles. The predicted octanol–water partition coefficient (Wildman–Crippen LogP) is 1.45. The Hall–Kier alpha value is -2.24. The van der Waals surface area contributed by atoms with E-state index in [4.69, 9.17) is 14.3 Å². The highest BCUT2D eigenvalue weighted by atomic mass is 16.5. The van der Waals surface area contributed by atoms with E-state index in [9.17, 15) is 9.59 Å². The third-order valence-corrected chi connectivity index (χ3v) is 2.14. The van der Waals surface area contributed by atoms with Gasteiger partial charge in [0, 0.05) is 19.1 Å². The average Bonchev–Trinajstić information content (AvgIpc) is 2.73. The van der Waals surface area contributed by atoms with E-state index in [1.165, 1.54) is 23.8 Å². The molecule has 0 saturated carbocycles. The number of carboxylic acid groups (broad SMARTS) is 1. The van der Waals surface area contributed by atoms with Crippen LogP contribution in [-0.2, 0) is 16.3 Å². The van der Waals surface area contributed by atoms with Crippen molar-refractivity contribution in [2.45, 2.75) is 13.7 Å². The van der Waals surface area contributed by atoms with E-state index in [0.29, 0.717) is 11.1 Å². The van der Waals surface area contributed by atoms with Crippen molar-refractivity contribution in [3.05, 3.63) is 24.1 Å². The van der Waals surface area contributed by atoms with E-state index in [2.05, 4.69) is 0 Å². The molecular formula is C10H9NO5. The predicted molar refractivity (Wildman–Crippen MR) is 52.9 cm³/mol. The summed E-state index contributed by atoms with van der Waals surface area (Å²) in [5, 5.41) is 8.95. The number of hydrogen-bond donors (Lipinski definition) is 1. The highest BCUT2D eigenvalue weighted by Crippen LogP contribution is 2.21. The van der Waals surface area contributed by atoms with Gasteiger partial charge >= 0.3 is 11.9 Å². The van der Waals surface area contributed by atoms with E-state index >= 15 is 0 Å². The van der Waals surface area contributed by atoms with Gasteiger partial charge in [0.05, 0.1) is 11.8 Å². The van der Waals surface area contributed by atoms with Gasteiger partial charge in [-0.05, 0) is 0 Å². The monoisotopic (exact) mass is 223 g/mol. The van der Waals surface area contributed by atoms with Crippen molar-refractivity contribution >= 4 is 23.0 Å². The Morgan fingerprint density at radius 2 is 2.31 bits per heavy atom. The summed E-state index contributed by atoms with van der Waals surface area (Å²) in [6, 6.07) is 3.01. The summed E-state index contributed by atoms with van der Waals surface area (Å²) in [7, 11) is 0. The molecule has 0 unspecified atom stereocenters. The molecule has 0 amide bonds. The lowest BCUT2D eigenvalue weighted by atomic mass is 10.4. The Labute approximate surface area is 90.0 Å². The molecule has 84 valence electrons. The maximum Gasteiger partial charge on any atom is 0.352 e. The fourth-order valence-corrected chi connectivity index (χ4v) is 1.45. The first-order chi connectivity index (χ1) is 7.59. The summed E-state index contributed by atoms with van der Waals surface area (Å²) in [5.74, 6) is -1.57. The first kappa shape index (κ1) is 10.3. The minimum absolute atomic E-state index is 0.0237. The van der Waals surface area contributed by atoms with Crippen molar-refractivity contribution in [2.24, 2.45) is 0 Å². The quantitative estimate of drug-likeness (QED) is 0.796. The number of furan rings is 1. The first-order valence-corrected chi connectivity index (χ1v) is 4.53. The van der Waals surface area contributed by atoms with E-state index in [0.717, 1.165) is 0 Å². The molecule has 2 rings (SSSR count). The summed E-state index contributed by atoms with van der Waals surface area (Å²) < 4.78 is 11.2. The number of aromatic nitrogens is 1. The van der Waals surface area contributed by atoms with Gasteiger partial charge in [0.15, 0.2) is 12.3 Å². The summed E-state index contributed by atoms with van der Waals surface area (Å²) in [6.45, 7) is 1.12. The second kappa shape index (κ2) is 3.73. The highest BCUT2D eigenvalue weighted by molar-refractivity contribution is 5.92. The van der Waals surface area contributed by atoms with Gasteiger partial charge in [0.2, 0.25) is 0 Å².